The van der Waals surface area contributed by atoms with E-state index in [1.165, 1.54) is 12.1 Å². The predicted molar refractivity (Wildman–Crippen MR) is 83.4 cm³/mol. The minimum absolute atomic E-state index is 0.0523. The third kappa shape index (κ3) is 4.06. The van der Waals surface area contributed by atoms with Crippen LogP contribution >= 0.6 is 11.8 Å². The average molecular weight is 325 g/mol. The van der Waals surface area contributed by atoms with Gasteiger partial charge in [-0.2, -0.15) is 0 Å². The molecule has 2 aromatic rings. The summed E-state index contributed by atoms with van der Waals surface area (Å²) in [7, 11) is -3.66. The zero-order valence-corrected chi connectivity index (χ0v) is 13.3. The molecule has 0 aliphatic rings. The van der Waals surface area contributed by atoms with Crippen LogP contribution in [0.3, 0.4) is 0 Å². The van der Waals surface area contributed by atoms with Gasteiger partial charge in [-0.25, -0.2) is 17.5 Å². The Labute approximate surface area is 128 Å². The van der Waals surface area contributed by atoms with Crippen LogP contribution in [0.5, 0.6) is 0 Å². The third-order valence-corrected chi connectivity index (χ3v) is 5.37. The molecule has 0 aliphatic carbocycles. The summed E-state index contributed by atoms with van der Waals surface area (Å²) in [6.45, 7) is 1.77. The Morgan fingerprint density at radius 2 is 1.62 bits per heavy atom. The van der Waals surface area contributed by atoms with Crippen LogP contribution in [-0.4, -0.2) is 14.7 Å². The van der Waals surface area contributed by atoms with Crippen molar-refractivity contribution in [3.8, 4) is 0 Å². The first kappa shape index (κ1) is 16.0. The molecule has 21 heavy (non-hydrogen) atoms. The van der Waals surface area contributed by atoms with E-state index in [0.29, 0.717) is 0 Å². The summed E-state index contributed by atoms with van der Waals surface area (Å²) in [6, 6.07) is 12.1. The minimum atomic E-state index is -3.66. The number of thioether (sulfide) groups is 1. The van der Waals surface area contributed by atoms with Crippen molar-refractivity contribution in [1.82, 2.24) is 4.72 Å². The molecule has 0 bridgehead atoms. The van der Waals surface area contributed by atoms with Crippen molar-refractivity contribution < 1.29 is 12.8 Å². The molecule has 0 aromatic heterocycles. The number of benzene rings is 2. The van der Waals surface area contributed by atoms with Crippen molar-refractivity contribution >= 4 is 21.8 Å². The van der Waals surface area contributed by atoms with E-state index in [4.69, 9.17) is 0 Å². The summed E-state index contributed by atoms with van der Waals surface area (Å²) < 4.78 is 39.9. The molecule has 0 aliphatic heterocycles. The van der Waals surface area contributed by atoms with Crippen LogP contribution in [0.2, 0.25) is 0 Å². The highest BCUT2D eigenvalue weighted by Crippen LogP contribution is 2.20. The van der Waals surface area contributed by atoms with Crippen molar-refractivity contribution in [2.45, 2.75) is 22.8 Å². The van der Waals surface area contributed by atoms with Gasteiger partial charge in [0.05, 0.1) is 4.90 Å². The minimum Gasteiger partial charge on any atom is -0.207 e. The maximum absolute atomic E-state index is 12.9. The van der Waals surface area contributed by atoms with Crippen LogP contribution in [0.25, 0.3) is 0 Å². The standard InChI is InChI=1S/C15H16FNO2S2/c1-11(12-3-7-14(20-2)8-4-12)17-21(18,19)15-9-5-13(16)6-10-15/h3-11,17H,1-2H3/t11-/m1/s1. The van der Waals surface area contributed by atoms with Gasteiger partial charge < -0.3 is 0 Å². The first-order valence-electron chi connectivity index (χ1n) is 6.34. The molecule has 1 N–H and O–H groups in total. The van der Waals surface area contributed by atoms with Gasteiger partial charge in [0.25, 0.3) is 0 Å². The number of halogens is 1. The van der Waals surface area contributed by atoms with E-state index >= 15 is 0 Å². The molecule has 1 atom stereocenters. The van der Waals surface area contributed by atoms with Crippen LogP contribution < -0.4 is 4.72 Å². The first-order valence-corrected chi connectivity index (χ1v) is 9.05. The quantitative estimate of drug-likeness (QED) is 0.855. The van der Waals surface area contributed by atoms with E-state index in [0.717, 1.165) is 22.6 Å². The first-order chi connectivity index (χ1) is 9.92. The maximum atomic E-state index is 12.9. The lowest BCUT2D eigenvalue weighted by Gasteiger charge is -2.15. The number of hydrogen-bond donors (Lipinski definition) is 1. The van der Waals surface area contributed by atoms with Crippen LogP contribution in [0.1, 0.15) is 18.5 Å². The van der Waals surface area contributed by atoms with E-state index < -0.39 is 15.8 Å². The van der Waals surface area contributed by atoms with Crippen LogP contribution in [-0.2, 0) is 10.0 Å². The molecular formula is C15H16FNO2S2. The molecule has 112 valence electrons. The molecule has 6 heteroatoms. The maximum Gasteiger partial charge on any atom is 0.241 e. The third-order valence-electron chi connectivity index (χ3n) is 3.07. The van der Waals surface area contributed by atoms with Gasteiger partial charge in [-0.1, -0.05) is 12.1 Å². The molecule has 3 nitrogen and oxygen atoms in total. The van der Waals surface area contributed by atoms with Gasteiger partial charge in [-0.05, 0) is 55.1 Å². The normalized spacial score (nSPS) is 13.1. The summed E-state index contributed by atoms with van der Waals surface area (Å²) in [5.74, 6) is -0.463. The van der Waals surface area contributed by atoms with Gasteiger partial charge >= 0.3 is 0 Å². The molecule has 2 aromatic carbocycles. The number of rotatable bonds is 5. The fraction of sp³-hybridized carbons (Fsp3) is 0.200. The van der Waals surface area contributed by atoms with E-state index in [9.17, 15) is 12.8 Å². The van der Waals surface area contributed by atoms with E-state index in [1.54, 1.807) is 18.7 Å². The van der Waals surface area contributed by atoms with E-state index in [1.807, 2.05) is 30.5 Å². The Morgan fingerprint density at radius 3 is 2.14 bits per heavy atom. The average Bonchev–Trinajstić information content (AvgIpc) is 2.47. The number of nitrogens with one attached hydrogen (secondary N) is 1. The predicted octanol–water partition coefficient (Wildman–Crippen LogP) is 3.59. The molecule has 0 amide bonds. The SMILES string of the molecule is CSc1ccc([C@@H](C)NS(=O)(=O)c2ccc(F)cc2)cc1. The second kappa shape index (κ2) is 6.60. The summed E-state index contributed by atoms with van der Waals surface area (Å²) in [4.78, 5) is 1.17. The van der Waals surface area contributed by atoms with Crippen molar-refractivity contribution in [3.05, 3.63) is 59.9 Å². The van der Waals surface area contributed by atoms with Crippen molar-refractivity contribution in [1.29, 1.82) is 0 Å². The Morgan fingerprint density at radius 1 is 1.05 bits per heavy atom. The monoisotopic (exact) mass is 325 g/mol. The van der Waals surface area contributed by atoms with Crippen LogP contribution in [0.15, 0.2) is 58.3 Å². The van der Waals surface area contributed by atoms with Gasteiger partial charge in [0.15, 0.2) is 0 Å². The molecule has 0 radical (unpaired) electrons. The largest absolute Gasteiger partial charge is 0.241 e. The lowest BCUT2D eigenvalue weighted by Crippen LogP contribution is -2.26. The fourth-order valence-corrected chi connectivity index (χ4v) is 3.52. The smallest absolute Gasteiger partial charge is 0.207 e. The zero-order valence-electron chi connectivity index (χ0n) is 11.7. The molecule has 0 saturated heterocycles. The molecule has 0 heterocycles. The Bertz CT molecular complexity index is 697. The van der Waals surface area contributed by atoms with Crippen molar-refractivity contribution in [3.63, 3.8) is 0 Å². The Balaban J connectivity index is 2.17. The highest BCUT2D eigenvalue weighted by molar-refractivity contribution is 7.98. The topological polar surface area (TPSA) is 46.2 Å². The molecule has 0 unspecified atom stereocenters. The number of hydrogen-bond acceptors (Lipinski definition) is 3. The van der Waals surface area contributed by atoms with E-state index in [-0.39, 0.29) is 10.9 Å². The summed E-state index contributed by atoms with van der Waals surface area (Å²) in [6.07, 6.45) is 1.98. The van der Waals surface area contributed by atoms with Crippen molar-refractivity contribution in [2.24, 2.45) is 0 Å². The lowest BCUT2D eigenvalue weighted by molar-refractivity contribution is 0.566. The van der Waals surface area contributed by atoms with Crippen molar-refractivity contribution in [2.75, 3.05) is 6.26 Å². The number of sulfonamides is 1. The fourth-order valence-electron chi connectivity index (χ4n) is 1.88. The zero-order chi connectivity index (χ0) is 15.5. The molecule has 0 saturated carbocycles. The summed E-state index contributed by atoms with van der Waals surface area (Å²) in [5.41, 5.74) is 0.874. The summed E-state index contributed by atoms with van der Waals surface area (Å²) >= 11 is 1.63. The van der Waals surface area contributed by atoms with Gasteiger partial charge in [0.2, 0.25) is 10.0 Å². The lowest BCUT2D eigenvalue weighted by atomic mass is 10.1. The van der Waals surface area contributed by atoms with E-state index in [2.05, 4.69) is 4.72 Å². The highest BCUT2D eigenvalue weighted by atomic mass is 32.2. The Kier molecular flexibility index (Phi) is 5.03. The van der Waals surface area contributed by atoms with Gasteiger partial charge in [-0.3, -0.25) is 0 Å². The Hall–Kier alpha value is -1.37. The summed E-state index contributed by atoms with van der Waals surface area (Å²) in [5, 5.41) is 0. The van der Waals surface area contributed by atoms with Crippen LogP contribution in [0, 0.1) is 5.82 Å². The second-order valence-electron chi connectivity index (χ2n) is 4.57. The molecular weight excluding hydrogens is 309 g/mol. The second-order valence-corrected chi connectivity index (χ2v) is 7.16. The van der Waals surface area contributed by atoms with Gasteiger partial charge in [0.1, 0.15) is 5.82 Å². The van der Waals surface area contributed by atoms with Gasteiger partial charge in [0, 0.05) is 10.9 Å². The molecule has 2 rings (SSSR count). The van der Waals surface area contributed by atoms with Crippen LogP contribution in [0.4, 0.5) is 4.39 Å². The molecule has 0 spiro atoms. The highest BCUT2D eigenvalue weighted by Gasteiger charge is 2.18. The molecule has 0 fully saturated rings. The van der Waals surface area contributed by atoms with Gasteiger partial charge in [-0.15, -0.1) is 11.8 Å².